The Morgan fingerprint density at radius 2 is 1.66 bits per heavy atom. The first-order chi connectivity index (χ1) is 15.1. The van der Waals surface area contributed by atoms with Gasteiger partial charge in [0.15, 0.2) is 0 Å². The van der Waals surface area contributed by atoms with Crippen LogP contribution >= 0.6 is 34.8 Å². The van der Waals surface area contributed by atoms with Crippen LogP contribution in [0, 0.1) is 5.82 Å². The number of ether oxygens (including phenoxy) is 1. The molecule has 3 aromatic carbocycles. The molecule has 0 unspecified atom stereocenters. The van der Waals surface area contributed by atoms with Crippen molar-refractivity contribution in [1.29, 1.82) is 0 Å². The van der Waals surface area contributed by atoms with Gasteiger partial charge < -0.3 is 10.1 Å². The van der Waals surface area contributed by atoms with Crippen LogP contribution in [0.4, 0.5) is 15.8 Å². The number of carbonyl (C=O) groups excluding carboxylic acids is 1. The van der Waals surface area contributed by atoms with Gasteiger partial charge in [0.2, 0.25) is 0 Å². The Morgan fingerprint density at radius 1 is 0.969 bits per heavy atom. The third kappa shape index (κ3) is 5.45. The maximum absolute atomic E-state index is 14.0. The lowest BCUT2D eigenvalue weighted by Crippen LogP contribution is -2.17. The molecular formula is C21H16Cl3FN2O4S. The zero-order valence-corrected chi connectivity index (χ0v) is 19.5. The second-order valence-electron chi connectivity index (χ2n) is 6.38. The molecule has 0 aromatic heterocycles. The van der Waals surface area contributed by atoms with Gasteiger partial charge in [-0.05, 0) is 49.4 Å². The largest absolute Gasteiger partial charge is 0.492 e. The Balaban J connectivity index is 1.96. The molecule has 0 atom stereocenters. The molecule has 0 aliphatic rings. The maximum atomic E-state index is 14.0. The van der Waals surface area contributed by atoms with Crippen LogP contribution in [0.1, 0.15) is 17.3 Å². The summed E-state index contributed by atoms with van der Waals surface area (Å²) in [4.78, 5) is 12.3. The van der Waals surface area contributed by atoms with E-state index in [9.17, 15) is 17.6 Å². The number of amides is 1. The van der Waals surface area contributed by atoms with Crippen LogP contribution < -0.4 is 14.8 Å². The highest BCUT2D eigenvalue weighted by atomic mass is 35.5. The van der Waals surface area contributed by atoms with Crippen LogP contribution in [0.3, 0.4) is 0 Å². The molecule has 0 saturated heterocycles. The van der Waals surface area contributed by atoms with Crippen molar-refractivity contribution >= 4 is 62.1 Å². The summed E-state index contributed by atoms with van der Waals surface area (Å²) in [5.74, 6) is -1.27. The molecule has 0 saturated carbocycles. The zero-order valence-electron chi connectivity index (χ0n) is 16.5. The lowest BCUT2D eigenvalue weighted by Gasteiger charge is -2.15. The van der Waals surface area contributed by atoms with E-state index in [1.807, 2.05) is 0 Å². The Labute approximate surface area is 199 Å². The van der Waals surface area contributed by atoms with Gasteiger partial charge in [0, 0.05) is 0 Å². The van der Waals surface area contributed by atoms with Crippen molar-refractivity contribution in [1.82, 2.24) is 0 Å². The normalized spacial score (nSPS) is 11.2. The molecule has 2 N–H and O–H groups in total. The summed E-state index contributed by atoms with van der Waals surface area (Å²) in [6.07, 6.45) is 0. The van der Waals surface area contributed by atoms with E-state index in [1.165, 1.54) is 48.5 Å². The molecule has 0 fully saturated rings. The quantitative estimate of drug-likeness (QED) is 0.363. The fourth-order valence-corrected chi connectivity index (χ4v) is 4.44. The van der Waals surface area contributed by atoms with Crippen LogP contribution in [0.2, 0.25) is 15.1 Å². The number of hydrogen-bond donors (Lipinski definition) is 2. The molecule has 0 radical (unpaired) electrons. The van der Waals surface area contributed by atoms with E-state index in [-0.39, 0.29) is 49.3 Å². The number of rotatable bonds is 7. The smallest absolute Gasteiger partial charge is 0.262 e. The van der Waals surface area contributed by atoms with Crippen molar-refractivity contribution in [2.75, 3.05) is 16.6 Å². The molecule has 0 heterocycles. The van der Waals surface area contributed by atoms with Crippen molar-refractivity contribution in [2.24, 2.45) is 0 Å². The van der Waals surface area contributed by atoms with Gasteiger partial charge in [-0.1, -0.05) is 46.9 Å². The van der Waals surface area contributed by atoms with Gasteiger partial charge >= 0.3 is 0 Å². The van der Waals surface area contributed by atoms with Crippen molar-refractivity contribution in [3.8, 4) is 5.75 Å². The molecule has 0 aliphatic heterocycles. The van der Waals surface area contributed by atoms with Crippen LogP contribution in [0.5, 0.6) is 5.75 Å². The number of sulfonamides is 1. The van der Waals surface area contributed by atoms with E-state index in [0.29, 0.717) is 0 Å². The van der Waals surface area contributed by atoms with Gasteiger partial charge in [-0.2, -0.15) is 0 Å². The fraction of sp³-hybridized carbons (Fsp3) is 0.0952. The van der Waals surface area contributed by atoms with E-state index < -0.39 is 21.7 Å². The summed E-state index contributed by atoms with van der Waals surface area (Å²) < 4.78 is 47.6. The third-order valence-corrected chi connectivity index (χ3v) is 6.58. The van der Waals surface area contributed by atoms with Crippen LogP contribution in [-0.4, -0.2) is 20.9 Å². The van der Waals surface area contributed by atoms with E-state index in [1.54, 1.807) is 6.92 Å². The molecule has 0 spiro atoms. The SMILES string of the molecule is CCOc1ccc(S(=O)(=O)Nc2cc(Cl)c(Cl)cc2Cl)cc1NC(=O)c1ccccc1F. The second-order valence-corrected chi connectivity index (χ2v) is 9.28. The molecule has 0 bridgehead atoms. The molecule has 3 rings (SSSR count). The van der Waals surface area contributed by atoms with E-state index >= 15 is 0 Å². The monoisotopic (exact) mass is 516 g/mol. The Morgan fingerprint density at radius 3 is 2.34 bits per heavy atom. The molecule has 6 nitrogen and oxygen atoms in total. The van der Waals surface area contributed by atoms with E-state index in [0.717, 1.165) is 6.07 Å². The first-order valence-corrected chi connectivity index (χ1v) is 11.7. The summed E-state index contributed by atoms with van der Waals surface area (Å²) in [6, 6.07) is 11.9. The highest BCUT2D eigenvalue weighted by molar-refractivity contribution is 7.92. The topological polar surface area (TPSA) is 84.5 Å². The minimum Gasteiger partial charge on any atom is -0.492 e. The van der Waals surface area contributed by atoms with Gasteiger partial charge in [-0.25, -0.2) is 12.8 Å². The molecule has 3 aromatic rings. The highest BCUT2D eigenvalue weighted by Crippen LogP contribution is 2.34. The summed E-state index contributed by atoms with van der Waals surface area (Å²) in [6.45, 7) is 1.98. The summed E-state index contributed by atoms with van der Waals surface area (Å²) in [7, 11) is -4.15. The van der Waals surface area contributed by atoms with Crippen molar-refractivity contribution in [3.05, 3.63) is 81.0 Å². The lowest BCUT2D eigenvalue weighted by molar-refractivity contribution is 0.102. The van der Waals surface area contributed by atoms with Crippen LogP contribution in [0.15, 0.2) is 59.5 Å². The van der Waals surface area contributed by atoms with Crippen molar-refractivity contribution < 1.29 is 22.3 Å². The number of halogens is 4. The molecule has 0 aliphatic carbocycles. The minimum atomic E-state index is -4.15. The lowest BCUT2D eigenvalue weighted by atomic mass is 10.2. The number of anilines is 2. The van der Waals surface area contributed by atoms with Crippen LogP contribution in [-0.2, 0) is 10.0 Å². The van der Waals surface area contributed by atoms with Crippen molar-refractivity contribution in [2.45, 2.75) is 11.8 Å². The summed E-state index contributed by atoms with van der Waals surface area (Å²) in [5.41, 5.74) is -0.140. The predicted octanol–water partition coefficient (Wildman–Crippen LogP) is 6.24. The summed E-state index contributed by atoms with van der Waals surface area (Å²) >= 11 is 17.9. The van der Waals surface area contributed by atoms with Gasteiger partial charge in [0.25, 0.3) is 15.9 Å². The van der Waals surface area contributed by atoms with Gasteiger partial charge in [-0.15, -0.1) is 0 Å². The first kappa shape index (κ1) is 24.1. The van der Waals surface area contributed by atoms with E-state index in [4.69, 9.17) is 39.5 Å². The standard InChI is InChI=1S/C21H16Cl3FN2O4S/c1-2-31-20-8-7-12(9-19(20)26-21(28)13-5-3-4-6-17(13)25)32(29,30)27-18-11-15(23)14(22)10-16(18)24/h3-11,27H,2H2,1H3,(H,26,28). The summed E-state index contributed by atoms with van der Waals surface area (Å²) in [5, 5.41) is 2.81. The predicted molar refractivity (Wildman–Crippen MR) is 124 cm³/mol. The highest BCUT2D eigenvalue weighted by Gasteiger charge is 2.21. The maximum Gasteiger partial charge on any atom is 0.262 e. The van der Waals surface area contributed by atoms with Gasteiger partial charge in [0.1, 0.15) is 11.6 Å². The zero-order chi connectivity index (χ0) is 23.5. The van der Waals surface area contributed by atoms with Gasteiger partial charge in [-0.3, -0.25) is 9.52 Å². The molecular weight excluding hydrogens is 502 g/mol. The molecule has 11 heteroatoms. The Hall–Kier alpha value is -2.52. The first-order valence-electron chi connectivity index (χ1n) is 9.12. The number of benzene rings is 3. The number of nitrogens with one attached hydrogen (secondary N) is 2. The third-order valence-electron chi connectivity index (χ3n) is 4.18. The average molecular weight is 518 g/mol. The van der Waals surface area contributed by atoms with E-state index in [2.05, 4.69) is 10.0 Å². The molecule has 32 heavy (non-hydrogen) atoms. The van der Waals surface area contributed by atoms with Gasteiger partial charge in [0.05, 0.1) is 43.5 Å². The molecule has 1 amide bonds. The Kier molecular flexibility index (Phi) is 7.51. The van der Waals surface area contributed by atoms with Crippen molar-refractivity contribution in [3.63, 3.8) is 0 Å². The Bertz CT molecular complexity index is 1290. The second kappa shape index (κ2) is 9.95. The number of carbonyl (C=O) groups is 1. The number of hydrogen-bond acceptors (Lipinski definition) is 4. The average Bonchev–Trinajstić information content (AvgIpc) is 2.73. The molecule has 168 valence electrons. The minimum absolute atomic E-state index is 0.0203. The fourth-order valence-electron chi connectivity index (χ4n) is 2.69. The van der Waals surface area contributed by atoms with Crippen LogP contribution in [0.25, 0.3) is 0 Å².